The normalized spacial score (nSPS) is 18.0. The Bertz CT molecular complexity index is 54.5. The molecule has 0 fully saturated rings. The maximum atomic E-state index is 5.55. The van der Waals surface area contributed by atoms with Gasteiger partial charge in [-0.3, -0.25) is 0 Å². The lowest BCUT2D eigenvalue weighted by Crippen LogP contribution is -2.26. The Kier molecular flexibility index (Phi) is 4.38. The summed E-state index contributed by atoms with van der Waals surface area (Å²) in [6, 6.07) is 0.235. The summed E-state index contributed by atoms with van der Waals surface area (Å²) in [5.41, 5.74) is 5.55. The van der Waals surface area contributed by atoms with Crippen LogP contribution in [-0.4, -0.2) is 11.3 Å². The molecule has 0 radical (unpaired) electrons. The lowest BCUT2D eigenvalue weighted by atomic mass is 10.1. The van der Waals surface area contributed by atoms with E-state index < -0.39 is 0 Å². The predicted octanol–water partition coefficient (Wildman–Crippen LogP) is 1.43. The van der Waals surface area contributed by atoms with Crippen LogP contribution in [0.3, 0.4) is 0 Å². The second-order valence-corrected chi connectivity index (χ2v) is 2.88. The van der Waals surface area contributed by atoms with Gasteiger partial charge in [0.1, 0.15) is 0 Å². The molecule has 0 amide bonds. The van der Waals surface area contributed by atoms with Gasteiger partial charge in [0.05, 0.1) is 0 Å². The minimum absolute atomic E-state index is 0.235. The van der Waals surface area contributed by atoms with Crippen molar-refractivity contribution in [3.63, 3.8) is 0 Å². The molecule has 0 spiro atoms. The predicted molar refractivity (Wildman–Crippen MR) is 41.3 cm³/mol. The van der Waals surface area contributed by atoms with Crippen LogP contribution in [0.15, 0.2) is 0 Å². The Hall–Kier alpha value is 0.310. The van der Waals surface area contributed by atoms with Gasteiger partial charge in [-0.2, -0.15) is 12.6 Å². The third-order valence-electron chi connectivity index (χ3n) is 1.19. The van der Waals surface area contributed by atoms with Crippen LogP contribution in [0.5, 0.6) is 0 Å². The lowest BCUT2D eigenvalue weighted by Gasteiger charge is -2.11. The molecule has 0 aromatic carbocycles. The molecule has 0 saturated heterocycles. The van der Waals surface area contributed by atoms with Crippen LogP contribution >= 0.6 is 12.6 Å². The van der Waals surface area contributed by atoms with Crippen LogP contribution in [0, 0.1) is 0 Å². The molecule has 0 aliphatic rings. The number of thiol groups is 1. The van der Waals surface area contributed by atoms with E-state index in [-0.39, 0.29) is 6.04 Å². The first-order valence-electron chi connectivity index (χ1n) is 3.12. The molecule has 0 rings (SSSR count). The molecule has 0 bridgehead atoms. The molecule has 2 atom stereocenters. The van der Waals surface area contributed by atoms with Crippen LogP contribution in [0.4, 0.5) is 0 Å². The van der Waals surface area contributed by atoms with Gasteiger partial charge in [0.2, 0.25) is 0 Å². The quantitative estimate of drug-likeness (QED) is 0.560. The fraction of sp³-hybridized carbons (Fsp3) is 1.00. The molecule has 2 heteroatoms. The smallest absolute Gasteiger partial charge is 0.0166 e. The minimum Gasteiger partial charge on any atom is -0.327 e. The van der Waals surface area contributed by atoms with Gasteiger partial charge in [-0.05, 0) is 13.3 Å². The third-order valence-corrected chi connectivity index (χ3v) is 1.92. The van der Waals surface area contributed by atoms with Crippen LogP contribution in [0.1, 0.15) is 26.7 Å². The Morgan fingerprint density at radius 2 is 2.12 bits per heavy atom. The first-order chi connectivity index (χ1) is 3.68. The van der Waals surface area contributed by atoms with Gasteiger partial charge in [-0.25, -0.2) is 0 Å². The molecule has 1 nitrogen and oxygen atoms in total. The van der Waals surface area contributed by atoms with Crippen molar-refractivity contribution in [2.24, 2.45) is 5.73 Å². The van der Waals surface area contributed by atoms with Crippen molar-refractivity contribution in [3.05, 3.63) is 0 Å². The van der Waals surface area contributed by atoms with Gasteiger partial charge in [-0.15, -0.1) is 0 Å². The molecule has 0 aromatic rings. The second-order valence-electron chi connectivity index (χ2n) is 2.22. The zero-order valence-corrected chi connectivity index (χ0v) is 6.49. The lowest BCUT2D eigenvalue weighted by molar-refractivity contribution is 0.636. The molecule has 0 saturated carbocycles. The van der Waals surface area contributed by atoms with Gasteiger partial charge in [0, 0.05) is 11.3 Å². The summed E-state index contributed by atoms with van der Waals surface area (Å²) in [5.74, 6) is 0. The molecular weight excluding hydrogens is 118 g/mol. The molecule has 50 valence electrons. The summed E-state index contributed by atoms with van der Waals surface area (Å²) < 4.78 is 0. The van der Waals surface area contributed by atoms with E-state index in [2.05, 4.69) is 19.6 Å². The highest BCUT2D eigenvalue weighted by molar-refractivity contribution is 7.81. The van der Waals surface area contributed by atoms with E-state index in [0.717, 1.165) is 6.42 Å². The Morgan fingerprint density at radius 1 is 1.62 bits per heavy atom. The highest BCUT2D eigenvalue weighted by Crippen LogP contribution is 2.06. The summed E-state index contributed by atoms with van der Waals surface area (Å²) in [7, 11) is 0. The van der Waals surface area contributed by atoms with Crippen molar-refractivity contribution < 1.29 is 0 Å². The average Bonchev–Trinajstić information content (AvgIpc) is 1.67. The first kappa shape index (κ1) is 8.31. The molecule has 2 N–H and O–H groups in total. The highest BCUT2D eigenvalue weighted by Gasteiger charge is 2.04. The van der Waals surface area contributed by atoms with Gasteiger partial charge in [0.15, 0.2) is 0 Å². The van der Waals surface area contributed by atoms with E-state index in [9.17, 15) is 0 Å². The molecule has 0 aliphatic carbocycles. The standard InChI is InChI=1S/C6H15NS/c1-3-4-6(8)5(2)7/h5-6,8H,3-4,7H2,1-2H3. The SMILES string of the molecule is CCCC(S)C(C)N. The van der Waals surface area contributed by atoms with Crippen LogP contribution in [0.2, 0.25) is 0 Å². The topological polar surface area (TPSA) is 26.0 Å². The van der Waals surface area contributed by atoms with Gasteiger partial charge in [-0.1, -0.05) is 13.3 Å². The molecule has 8 heavy (non-hydrogen) atoms. The van der Waals surface area contributed by atoms with Crippen molar-refractivity contribution in [3.8, 4) is 0 Å². The van der Waals surface area contributed by atoms with E-state index in [1.165, 1.54) is 6.42 Å². The minimum atomic E-state index is 0.235. The summed E-state index contributed by atoms with van der Waals surface area (Å²) in [5, 5.41) is 0.389. The van der Waals surface area contributed by atoms with Crippen LogP contribution in [-0.2, 0) is 0 Å². The number of hydrogen-bond acceptors (Lipinski definition) is 2. The van der Waals surface area contributed by atoms with Crippen molar-refractivity contribution in [1.29, 1.82) is 0 Å². The summed E-state index contributed by atoms with van der Waals surface area (Å²) in [6.07, 6.45) is 2.30. The summed E-state index contributed by atoms with van der Waals surface area (Å²) in [4.78, 5) is 0. The summed E-state index contributed by atoms with van der Waals surface area (Å²) >= 11 is 4.28. The molecular formula is C6H15NS. The Balaban J connectivity index is 3.17. The van der Waals surface area contributed by atoms with Gasteiger partial charge >= 0.3 is 0 Å². The number of hydrogen-bond donors (Lipinski definition) is 2. The molecule has 2 unspecified atom stereocenters. The largest absolute Gasteiger partial charge is 0.327 e. The average molecular weight is 133 g/mol. The van der Waals surface area contributed by atoms with Crippen molar-refractivity contribution in [2.45, 2.75) is 38.0 Å². The van der Waals surface area contributed by atoms with E-state index in [0.29, 0.717) is 5.25 Å². The third kappa shape index (κ3) is 3.33. The van der Waals surface area contributed by atoms with Gasteiger partial charge < -0.3 is 5.73 Å². The Morgan fingerprint density at radius 3 is 2.25 bits per heavy atom. The van der Waals surface area contributed by atoms with E-state index in [4.69, 9.17) is 5.73 Å². The molecule has 0 heterocycles. The molecule has 0 aromatic heterocycles. The Labute approximate surface area is 57.1 Å². The maximum absolute atomic E-state index is 5.55. The van der Waals surface area contributed by atoms with Crippen molar-refractivity contribution >= 4 is 12.6 Å². The monoisotopic (exact) mass is 133 g/mol. The maximum Gasteiger partial charge on any atom is 0.0166 e. The first-order valence-corrected chi connectivity index (χ1v) is 3.63. The van der Waals surface area contributed by atoms with Crippen LogP contribution < -0.4 is 5.73 Å². The van der Waals surface area contributed by atoms with E-state index in [1.807, 2.05) is 6.92 Å². The van der Waals surface area contributed by atoms with Gasteiger partial charge in [0.25, 0.3) is 0 Å². The summed E-state index contributed by atoms with van der Waals surface area (Å²) in [6.45, 7) is 4.14. The van der Waals surface area contributed by atoms with Crippen LogP contribution in [0.25, 0.3) is 0 Å². The van der Waals surface area contributed by atoms with E-state index in [1.54, 1.807) is 0 Å². The fourth-order valence-electron chi connectivity index (χ4n) is 0.559. The zero-order chi connectivity index (χ0) is 6.57. The van der Waals surface area contributed by atoms with E-state index >= 15 is 0 Å². The number of nitrogens with two attached hydrogens (primary N) is 1. The van der Waals surface area contributed by atoms with Crippen molar-refractivity contribution in [1.82, 2.24) is 0 Å². The highest BCUT2D eigenvalue weighted by atomic mass is 32.1. The zero-order valence-electron chi connectivity index (χ0n) is 5.59. The number of rotatable bonds is 3. The molecule has 0 aliphatic heterocycles. The van der Waals surface area contributed by atoms with Crippen molar-refractivity contribution in [2.75, 3.05) is 0 Å². The second kappa shape index (κ2) is 4.21. The fourth-order valence-corrected chi connectivity index (χ4v) is 0.817.